The van der Waals surface area contributed by atoms with E-state index in [9.17, 15) is 0 Å². The lowest BCUT2D eigenvalue weighted by Crippen LogP contribution is -1.95. The van der Waals surface area contributed by atoms with Crippen LogP contribution in [-0.2, 0) is 0 Å². The van der Waals surface area contributed by atoms with Crippen LogP contribution in [0.1, 0.15) is 0 Å². The van der Waals surface area contributed by atoms with Gasteiger partial charge in [-0.25, -0.2) is 9.97 Å². The third-order valence-corrected chi connectivity index (χ3v) is 10.3. The van der Waals surface area contributed by atoms with E-state index in [4.69, 9.17) is 14.4 Å². The zero-order chi connectivity index (χ0) is 36.6. The normalized spacial score (nSPS) is 11.3. The summed E-state index contributed by atoms with van der Waals surface area (Å²) in [5.41, 5.74) is 16.4. The molecule has 0 saturated heterocycles. The van der Waals surface area contributed by atoms with Gasteiger partial charge in [-0.2, -0.15) is 0 Å². The van der Waals surface area contributed by atoms with Crippen LogP contribution in [0.15, 0.2) is 211 Å². The number of hydrogen-bond donors (Lipinski definition) is 0. The Balaban J connectivity index is 1.08. The molecular formula is C52H34N2O. The summed E-state index contributed by atoms with van der Waals surface area (Å²) in [5.74, 6) is 0.650. The zero-order valence-electron chi connectivity index (χ0n) is 29.9. The number of rotatable bonds is 7. The Morgan fingerprint density at radius 3 is 1.25 bits per heavy atom. The van der Waals surface area contributed by atoms with Crippen LogP contribution in [-0.4, -0.2) is 9.97 Å². The van der Waals surface area contributed by atoms with Crippen molar-refractivity contribution in [1.82, 2.24) is 9.97 Å². The molecular weight excluding hydrogens is 669 g/mol. The van der Waals surface area contributed by atoms with Crippen LogP contribution in [0.25, 0.3) is 100 Å². The standard InChI is InChI=1S/C52H34N2O/c1-4-14-35(15-5-1)40-20-12-21-41(30-40)38-26-28-39(29-27-38)42-22-13-23-43(31-42)52-53-49(51-50(54-52)47-24-10-11-25-48(47)55-51)46-33-44(36-16-6-2-7-17-36)32-45(34-46)37-18-8-3-9-19-37/h1-34H. The highest BCUT2D eigenvalue weighted by Crippen LogP contribution is 2.39. The minimum Gasteiger partial charge on any atom is -0.452 e. The minimum atomic E-state index is 0.650. The first-order valence-electron chi connectivity index (χ1n) is 18.6. The molecule has 0 aliphatic rings. The summed E-state index contributed by atoms with van der Waals surface area (Å²) in [6, 6.07) is 72.3. The van der Waals surface area contributed by atoms with Crippen molar-refractivity contribution in [3.05, 3.63) is 206 Å². The van der Waals surface area contributed by atoms with Gasteiger partial charge in [0.15, 0.2) is 11.4 Å². The average molecular weight is 703 g/mol. The van der Waals surface area contributed by atoms with Crippen molar-refractivity contribution in [2.75, 3.05) is 0 Å². The number of para-hydroxylation sites is 1. The summed E-state index contributed by atoms with van der Waals surface area (Å²) in [4.78, 5) is 10.5. The average Bonchev–Trinajstić information content (AvgIpc) is 3.66. The predicted molar refractivity (Wildman–Crippen MR) is 227 cm³/mol. The molecule has 0 bridgehead atoms. The van der Waals surface area contributed by atoms with Crippen LogP contribution in [0.3, 0.4) is 0 Å². The summed E-state index contributed by atoms with van der Waals surface area (Å²) in [6.45, 7) is 0. The maximum absolute atomic E-state index is 6.57. The van der Waals surface area contributed by atoms with Gasteiger partial charge in [0.25, 0.3) is 0 Å². The summed E-state index contributed by atoms with van der Waals surface area (Å²) < 4.78 is 6.57. The quantitative estimate of drug-likeness (QED) is 0.166. The topological polar surface area (TPSA) is 38.9 Å². The fourth-order valence-corrected chi connectivity index (χ4v) is 7.48. The summed E-state index contributed by atoms with van der Waals surface area (Å²) in [7, 11) is 0. The molecule has 55 heavy (non-hydrogen) atoms. The summed E-state index contributed by atoms with van der Waals surface area (Å²) in [5, 5.41) is 0.966. The molecule has 2 aromatic heterocycles. The Morgan fingerprint density at radius 2 is 0.691 bits per heavy atom. The molecule has 8 aromatic carbocycles. The van der Waals surface area contributed by atoms with E-state index >= 15 is 0 Å². The lowest BCUT2D eigenvalue weighted by Gasteiger charge is -2.12. The molecule has 3 nitrogen and oxygen atoms in total. The Labute approximate surface area is 319 Å². The minimum absolute atomic E-state index is 0.650. The van der Waals surface area contributed by atoms with Crippen molar-refractivity contribution in [3.8, 4) is 78.3 Å². The number of furan rings is 1. The maximum Gasteiger partial charge on any atom is 0.180 e. The van der Waals surface area contributed by atoms with Gasteiger partial charge in [-0.3, -0.25) is 0 Å². The Kier molecular flexibility index (Phi) is 8.16. The van der Waals surface area contributed by atoms with Crippen LogP contribution in [0.4, 0.5) is 0 Å². The van der Waals surface area contributed by atoms with Crippen LogP contribution in [0.2, 0.25) is 0 Å². The van der Waals surface area contributed by atoms with Crippen molar-refractivity contribution in [2.24, 2.45) is 0 Å². The van der Waals surface area contributed by atoms with Crippen LogP contribution in [0, 0.1) is 0 Å². The fraction of sp³-hybridized carbons (Fsp3) is 0. The number of nitrogens with zero attached hydrogens (tertiary/aromatic N) is 2. The third-order valence-electron chi connectivity index (χ3n) is 10.3. The Bertz CT molecular complexity index is 2890. The van der Waals surface area contributed by atoms with Gasteiger partial charge in [0.2, 0.25) is 0 Å². The van der Waals surface area contributed by atoms with Gasteiger partial charge in [0.1, 0.15) is 16.8 Å². The molecule has 0 aliphatic carbocycles. The van der Waals surface area contributed by atoms with E-state index in [1.54, 1.807) is 0 Å². The lowest BCUT2D eigenvalue weighted by atomic mass is 9.94. The largest absolute Gasteiger partial charge is 0.452 e. The van der Waals surface area contributed by atoms with Gasteiger partial charge in [0.05, 0.1) is 0 Å². The molecule has 0 unspecified atom stereocenters. The fourth-order valence-electron chi connectivity index (χ4n) is 7.48. The highest BCUT2D eigenvalue weighted by atomic mass is 16.3. The third kappa shape index (κ3) is 6.28. The van der Waals surface area contributed by atoms with E-state index in [2.05, 4.69) is 176 Å². The lowest BCUT2D eigenvalue weighted by molar-refractivity contribution is 0.667. The number of aromatic nitrogens is 2. The van der Waals surface area contributed by atoms with Gasteiger partial charge < -0.3 is 4.42 Å². The molecule has 0 radical (unpaired) electrons. The molecule has 0 saturated carbocycles. The Morgan fingerprint density at radius 1 is 0.291 bits per heavy atom. The first kappa shape index (κ1) is 32.3. The maximum atomic E-state index is 6.57. The van der Waals surface area contributed by atoms with Gasteiger partial charge in [-0.15, -0.1) is 0 Å². The highest BCUT2D eigenvalue weighted by Gasteiger charge is 2.20. The number of benzene rings is 8. The monoisotopic (exact) mass is 702 g/mol. The first-order valence-corrected chi connectivity index (χ1v) is 18.6. The van der Waals surface area contributed by atoms with Gasteiger partial charge in [-0.1, -0.05) is 164 Å². The van der Waals surface area contributed by atoms with E-state index < -0.39 is 0 Å². The van der Waals surface area contributed by atoms with Crippen LogP contribution >= 0.6 is 0 Å². The van der Waals surface area contributed by atoms with Gasteiger partial charge in [0, 0.05) is 16.5 Å². The molecule has 0 amide bonds. The summed E-state index contributed by atoms with van der Waals surface area (Å²) >= 11 is 0. The van der Waals surface area contributed by atoms with E-state index in [0.717, 1.165) is 66.7 Å². The molecule has 0 atom stereocenters. The second kappa shape index (κ2) is 13.9. The van der Waals surface area contributed by atoms with Crippen LogP contribution < -0.4 is 0 Å². The SMILES string of the molecule is c1ccc(-c2cccc(-c3ccc(-c4cccc(-c5nc(-c6cc(-c7ccccc7)cc(-c7ccccc7)c6)c6oc7ccccc7c6n5)c4)cc3)c2)cc1. The molecule has 0 N–H and O–H groups in total. The molecule has 0 spiro atoms. The van der Waals surface area contributed by atoms with Crippen LogP contribution in [0.5, 0.6) is 0 Å². The van der Waals surface area contributed by atoms with Gasteiger partial charge >= 0.3 is 0 Å². The molecule has 3 heteroatoms. The van der Waals surface area contributed by atoms with E-state index in [1.165, 1.54) is 22.3 Å². The van der Waals surface area contributed by atoms with Gasteiger partial charge in [-0.05, 0) is 98.1 Å². The van der Waals surface area contributed by atoms with E-state index in [-0.39, 0.29) is 0 Å². The molecule has 258 valence electrons. The van der Waals surface area contributed by atoms with Crippen molar-refractivity contribution < 1.29 is 4.42 Å². The first-order chi connectivity index (χ1) is 27.2. The van der Waals surface area contributed by atoms with E-state index in [1.807, 2.05) is 30.3 Å². The van der Waals surface area contributed by atoms with E-state index in [0.29, 0.717) is 11.4 Å². The molecule has 10 aromatic rings. The predicted octanol–water partition coefficient (Wildman–Crippen LogP) is 14.0. The highest BCUT2D eigenvalue weighted by molar-refractivity contribution is 6.07. The molecule has 0 aliphatic heterocycles. The zero-order valence-corrected chi connectivity index (χ0v) is 29.9. The van der Waals surface area contributed by atoms with Crippen molar-refractivity contribution >= 4 is 22.1 Å². The summed E-state index contributed by atoms with van der Waals surface area (Å²) in [6.07, 6.45) is 0. The number of hydrogen-bond acceptors (Lipinski definition) is 3. The van der Waals surface area contributed by atoms with Crippen molar-refractivity contribution in [3.63, 3.8) is 0 Å². The number of fused-ring (bicyclic) bond motifs is 3. The second-order valence-electron chi connectivity index (χ2n) is 13.8. The van der Waals surface area contributed by atoms with Crippen molar-refractivity contribution in [2.45, 2.75) is 0 Å². The smallest absolute Gasteiger partial charge is 0.180 e. The van der Waals surface area contributed by atoms with Crippen molar-refractivity contribution in [1.29, 1.82) is 0 Å². The Hall–Kier alpha value is -7.36. The molecule has 10 rings (SSSR count). The second-order valence-corrected chi connectivity index (χ2v) is 13.8. The molecule has 0 fully saturated rings. The molecule has 2 heterocycles.